The van der Waals surface area contributed by atoms with Gasteiger partial charge in [-0.15, -0.1) is 0 Å². The van der Waals surface area contributed by atoms with Crippen LogP contribution in [0.5, 0.6) is 0 Å². The Hall–Kier alpha value is -3.68. The fourth-order valence-electron chi connectivity index (χ4n) is 3.64. The largest absolute Gasteiger partial charge is 0.478 e. The van der Waals surface area contributed by atoms with Crippen molar-refractivity contribution in [2.24, 2.45) is 11.8 Å². The topological polar surface area (TPSA) is 133 Å². The molecule has 2 amide bonds. The third kappa shape index (κ3) is 4.83. The Morgan fingerprint density at radius 2 is 0.967 bits per heavy atom. The minimum Gasteiger partial charge on any atom is -0.478 e. The van der Waals surface area contributed by atoms with Gasteiger partial charge < -0.3 is 20.8 Å². The molecule has 156 valence electrons. The molecule has 0 aromatic heterocycles. The van der Waals surface area contributed by atoms with E-state index in [0.29, 0.717) is 25.7 Å². The number of hydrogen-bond donors (Lipinski definition) is 4. The average Bonchev–Trinajstić information content (AvgIpc) is 2.74. The molecule has 30 heavy (non-hydrogen) atoms. The molecule has 3 rings (SSSR count). The predicted molar refractivity (Wildman–Crippen MR) is 110 cm³/mol. The molecule has 8 nitrogen and oxygen atoms in total. The Morgan fingerprint density at radius 1 is 0.633 bits per heavy atom. The average molecular weight is 410 g/mol. The van der Waals surface area contributed by atoms with E-state index in [2.05, 4.69) is 10.6 Å². The first-order valence-electron chi connectivity index (χ1n) is 9.63. The first-order chi connectivity index (χ1) is 14.4. The molecular formula is C22H22N2O6. The highest BCUT2D eigenvalue weighted by Gasteiger charge is 2.31. The number of hydrogen-bond acceptors (Lipinski definition) is 4. The third-order valence-corrected chi connectivity index (χ3v) is 5.30. The Kier molecular flexibility index (Phi) is 6.46. The lowest BCUT2D eigenvalue weighted by Crippen LogP contribution is -2.32. The zero-order valence-electron chi connectivity index (χ0n) is 16.1. The Balaban J connectivity index is 1.57. The van der Waals surface area contributed by atoms with Gasteiger partial charge in [0.2, 0.25) is 11.8 Å². The molecule has 0 atom stereocenters. The molecule has 1 saturated carbocycles. The number of carboxylic acid groups (broad SMARTS) is 2. The van der Waals surface area contributed by atoms with Gasteiger partial charge in [-0.1, -0.05) is 24.3 Å². The number of nitrogens with one attached hydrogen (secondary N) is 2. The van der Waals surface area contributed by atoms with Crippen LogP contribution in [0.2, 0.25) is 0 Å². The summed E-state index contributed by atoms with van der Waals surface area (Å²) in [5.41, 5.74) is 0.548. The second-order valence-corrected chi connectivity index (χ2v) is 7.23. The summed E-state index contributed by atoms with van der Waals surface area (Å²) < 4.78 is 0. The molecule has 0 aliphatic heterocycles. The lowest BCUT2D eigenvalue weighted by Gasteiger charge is -2.27. The van der Waals surface area contributed by atoms with Gasteiger partial charge in [0.25, 0.3) is 0 Å². The van der Waals surface area contributed by atoms with E-state index in [1.165, 1.54) is 12.1 Å². The van der Waals surface area contributed by atoms with E-state index in [1.54, 1.807) is 36.4 Å². The SMILES string of the molecule is O=C(O)c1ccccc1NC(=O)C1CCC(C(=O)Nc2ccccc2C(=O)O)CC1. The molecule has 0 heterocycles. The van der Waals surface area contributed by atoms with E-state index in [1.807, 2.05) is 0 Å². The van der Waals surface area contributed by atoms with Gasteiger partial charge in [-0.2, -0.15) is 0 Å². The van der Waals surface area contributed by atoms with Crippen LogP contribution in [0.4, 0.5) is 11.4 Å². The van der Waals surface area contributed by atoms with Crippen LogP contribution in [0.3, 0.4) is 0 Å². The Bertz CT molecular complexity index is 900. The number of benzene rings is 2. The summed E-state index contributed by atoms with van der Waals surface area (Å²) in [7, 11) is 0. The van der Waals surface area contributed by atoms with Crippen LogP contribution in [0, 0.1) is 11.8 Å². The second-order valence-electron chi connectivity index (χ2n) is 7.23. The maximum Gasteiger partial charge on any atom is 0.337 e. The number of rotatable bonds is 6. The van der Waals surface area contributed by atoms with Crippen molar-refractivity contribution in [3.63, 3.8) is 0 Å². The monoisotopic (exact) mass is 410 g/mol. The summed E-state index contributed by atoms with van der Waals surface area (Å²) in [6.45, 7) is 0. The van der Waals surface area contributed by atoms with Gasteiger partial charge in [0.05, 0.1) is 22.5 Å². The lowest BCUT2D eigenvalue weighted by atomic mass is 9.81. The zero-order chi connectivity index (χ0) is 21.7. The fraction of sp³-hybridized carbons (Fsp3) is 0.273. The molecule has 8 heteroatoms. The predicted octanol–water partition coefficient (Wildman–Crippen LogP) is 3.47. The van der Waals surface area contributed by atoms with Crippen LogP contribution in [-0.2, 0) is 9.59 Å². The summed E-state index contributed by atoms with van der Waals surface area (Å²) >= 11 is 0. The molecule has 4 N–H and O–H groups in total. The van der Waals surface area contributed by atoms with Crippen molar-refractivity contribution in [3.8, 4) is 0 Å². The Labute approximate surface area is 172 Å². The maximum absolute atomic E-state index is 12.6. The maximum atomic E-state index is 12.6. The van der Waals surface area contributed by atoms with Crippen molar-refractivity contribution in [2.45, 2.75) is 25.7 Å². The van der Waals surface area contributed by atoms with Crippen LogP contribution in [0.15, 0.2) is 48.5 Å². The zero-order valence-corrected chi connectivity index (χ0v) is 16.1. The summed E-state index contributed by atoms with van der Waals surface area (Å²) in [5, 5.41) is 23.8. The number of anilines is 2. The van der Waals surface area contributed by atoms with Crippen molar-refractivity contribution in [3.05, 3.63) is 59.7 Å². The van der Waals surface area contributed by atoms with Gasteiger partial charge in [0, 0.05) is 11.8 Å². The molecule has 0 spiro atoms. The molecule has 0 unspecified atom stereocenters. The van der Waals surface area contributed by atoms with Crippen molar-refractivity contribution < 1.29 is 29.4 Å². The van der Waals surface area contributed by atoms with E-state index < -0.39 is 11.9 Å². The smallest absolute Gasteiger partial charge is 0.337 e. The highest BCUT2D eigenvalue weighted by Crippen LogP contribution is 2.31. The molecule has 2 aromatic carbocycles. The molecule has 0 saturated heterocycles. The standard InChI is InChI=1S/C22H22N2O6/c25-19(23-17-7-3-1-5-15(17)21(27)28)13-9-11-14(12-10-13)20(26)24-18-8-4-2-6-16(18)22(29)30/h1-8,13-14H,9-12H2,(H,23,25)(H,24,26)(H,27,28)(H,29,30). The molecule has 2 aromatic rings. The molecule has 1 aliphatic rings. The van der Waals surface area contributed by atoms with Gasteiger partial charge in [-0.3, -0.25) is 9.59 Å². The molecule has 1 aliphatic carbocycles. The van der Waals surface area contributed by atoms with Gasteiger partial charge in [0.15, 0.2) is 0 Å². The minimum atomic E-state index is -1.12. The van der Waals surface area contributed by atoms with Crippen LogP contribution in [-0.4, -0.2) is 34.0 Å². The molecule has 1 fully saturated rings. The fourth-order valence-corrected chi connectivity index (χ4v) is 3.64. The normalized spacial score (nSPS) is 18.3. The first-order valence-corrected chi connectivity index (χ1v) is 9.63. The van der Waals surface area contributed by atoms with Gasteiger partial charge >= 0.3 is 11.9 Å². The highest BCUT2D eigenvalue weighted by molar-refractivity contribution is 6.02. The highest BCUT2D eigenvalue weighted by atomic mass is 16.4. The number of aromatic carboxylic acids is 2. The van der Waals surface area contributed by atoms with E-state index in [-0.39, 0.29) is 46.2 Å². The van der Waals surface area contributed by atoms with E-state index >= 15 is 0 Å². The van der Waals surface area contributed by atoms with Crippen molar-refractivity contribution in [1.29, 1.82) is 0 Å². The van der Waals surface area contributed by atoms with Crippen LogP contribution >= 0.6 is 0 Å². The summed E-state index contributed by atoms with van der Waals surface area (Å²) in [6, 6.07) is 12.4. The quantitative estimate of drug-likeness (QED) is 0.576. The van der Waals surface area contributed by atoms with E-state index in [4.69, 9.17) is 0 Å². The Morgan fingerprint density at radius 3 is 1.30 bits per heavy atom. The van der Waals surface area contributed by atoms with Gasteiger partial charge in [-0.05, 0) is 49.9 Å². The van der Waals surface area contributed by atoms with Crippen molar-refractivity contribution in [1.82, 2.24) is 0 Å². The second kappa shape index (κ2) is 9.21. The number of carbonyl (C=O) groups is 4. The van der Waals surface area contributed by atoms with Crippen molar-refractivity contribution in [2.75, 3.05) is 10.6 Å². The number of para-hydroxylation sites is 2. The van der Waals surface area contributed by atoms with Crippen LogP contribution in [0.25, 0.3) is 0 Å². The van der Waals surface area contributed by atoms with E-state index in [0.717, 1.165) is 0 Å². The molecule has 0 bridgehead atoms. The number of carbonyl (C=O) groups excluding carboxylic acids is 2. The lowest BCUT2D eigenvalue weighted by molar-refractivity contribution is -0.125. The minimum absolute atomic E-state index is 0.0241. The first kappa shape index (κ1) is 21.0. The number of carboxylic acids is 2. The molecular weight excluding hydrogens is 388 g/mol. The summed E-state index contributed by atoms with van der Waals surface area (Å²) in [5.74, 6) is -3.40. The van der Waals surface area contributed by atoms with Crippen LogP contribution < -0.4 is 10.6 Å². The summed E-state index contributed by atoms with van der Waals surface area (Å²) in [6.07, 6.45) is 1.94. The third-order valence-electron chi connectivity index (χ3n) is 5.30. The molecule has 0 radical (unpaired) electrons. The number of amides is 2. The van der Waals surface area contributed by atoms with Gasteiger partial charge in [0.1, 0.15) is 0 Å². The van der Waals surface area contributed by atoms with Crippen molar-refractivity contribution >= 4 is 35.1 Å². The summed E-state index contributed by atoms with van der Waals surface area (Å²) in [4.78, 5) is 47.7. The van der Waals surface area contributed by atoms with E-state index in [9.17, 15) is 29.4 Å². The van der Waals surface area contributed by atoms with Crippen LogP contribution in [0.1, 0.15) is 46.4 Å². The van der Waals surface area contributed by atoms with Gasteiger partial charge in [-0.25, -0.2) is 9.59 Å².